The molecular formula is C30H39BN2O5. The Morgan fingerprint density at radius 3 is 2.34 bits per heavy atom. The zero-order chi connectivity index (χ0) is 27.9. The molecular weight excluding hydrogens is 479 g/mol. The summed E-state index contributed by atoms with van der Waals surface area (Å²) in [5.41, 5.74) is 3.95. The number of rotatable bonds is 10. The molecule has 8 heteroatoms. The predicted molar refractivity (Wildman–Crippen MR) is 148 cm³/mol. The molecule has 0 aliphatic carbocycles. The summed E-state index contributed by atoms with van der Waals surface area (Å²) < 4.78 is 16.9. The number of carbonyl (C=O) groups is 2. The Labute approximate surface area is 227 Å². The molecule has 1 saturated heterocycles. The van der Waals surface area contributed by atoms with E-state index in [4.69, 9.17) is 14.0 Å². The Morgan fingerprint density at radius 1 is 1.13 bits per heavy atom. The molecule has 38 heavy (non-hydrogen) atoms. The van der Waals surface area contributed by atoms with Gasteiger partial charge in [-0.2, -0.15) is 5.26 Å². The lowest BCUT2D eigenvalue weighted by molar-refractivity contribution is -0.155. The lowest BCUT2D eigenvalue weighted by atomic mass is 9.74. The molecule has 0 spiro atoms. The van der Waals surface area contributed by atoms with E-state index < -0.39 is 19.1 Å². The highest BCUT2D eigenvalue weighted by atomic mass is 16.6. The lowest BCUT2D eigenvalue weighted by Gasteiger charge is -2.33. The summed E-state index contributed by atoms with van der Waals surface area (Å²) in [5, 5.41) is 9.74. The molecule has 2 aromatic carbocycles. The van der Waals surface area contributed by atoms with Crippen molar-refractivity contribution in [2.45, 2.75) is 66.5 Å². The van der Waals surface area contributed by atoms with Crippen LogP contribution in [0.5, 0.6) is 0 Å². The van der Waals surface area contributed by atoms with Gasteiger partial charge in [0.05, 0.1) is 18.7 Å². The van der Waals surface area contributed by atoms with E-state index in [1.165, 1.54) is 7.11 Å². The molecule has 1 heterocycles. The summed E-state index contributed by atoms with van der Waals surface area (Å²) in [4.78, 5) is 27.4. The first kappa shape index (κ1) is 29.4. The van der Waals surface area contributed by atoms with Crippen molar-refractivity contribution >= 4 is 24.5 Å². The van der Waals surface area contributed by atoms with Crippen LogP contribution in [0.2, 0.25) is 0 Å². The summed E-state index contributed by atoms with van der Waals surface area (Å²) in [7, 11) is 0.884. The quantitative estimate of drug-likeness (QED) is 0.334. The largest absolute Gasteiger partial charge is 0.493 e. The van der Waals surface area contributed by atoms with E-state index in [9.17, 15) is 14.9 Å². The first-order valence-electron chi connectivity index (χ1n) is 13.3. The molecule has 0 radical (unpaired) electrons. The Balaban J connectivity index is 1.87. The van der Waals surface area contributed by atoms with E-state index >= 15 is 0 Å². The second-order valence-corrected chi connectivity index (χ2v) is 11.1. The van der Waals surface area contributed by atoms with E-state index in [2.05, 4.69) is 19.9 Å². The van der Waals surface area contributed by atoms with E-state index in [0.717, 1.165) is 35.0 Å². The molecule has 0 unspecified atom stereocenters. The fourth-order valence-electron chi connectivity index (χ4n) is 4.61. The van der Waals surface area contributed by atoms with Crippen molar-refractivity contribution < 1.29 is 23.6 Å². The minimum atomic E-state index is -0.661. The first-order chi connectivity index (χ1) is 18.1. The van der Waals surface area contributed by atoms with Crippen LogP contribution in [0.15, 0.2) is 42.5 Å². The summed E-state index contributed by atoms with van der Waals surface area (Å²) in [6, 6.07) is 15.0. The molecule has 1 fully saturated rings. The van der Waals surface area contributed by atoms with Gasteiger partial charge in [-0.3, -0.25) is 4.79 Å². The number of hydrogen-bond donors (Lipinski definition) is 0. The third-order valence-corrected chi connectivity index (χ3v) is 6.78. The van der Waals surface area contributed by atoms with Crippen molar-refractivity contribution in [2.24, 2.45) is 11.3 Å². The van der Waals surface area contributed by atoms with Crippen molar-refractivity contribution in [3.8, 4) is 17.2 Å². The predicted octanol–water partition coefficient (Wildman–Crippen LogP) is 4.71. The lowest BCUT2D eigenvalue weighted by Crippen LogP contribution is -2.48. The van der Waals surface area contributed by atoms with Crippen LogP contribution in [0.4, 0.5) is 0 Å². The van der Waals surface area contributed by atoms with Gasteiger partial charge in [0, 0.05) is 31.6 Å². The number of hydrogen-bond acceptors (Lipinski definition) is 6. The van der Waals surface area contributed by atoms with Crippen molar-refractivity contribution in [3.05, 3.63) is 53.6 Å². The van der Waals surface area contributed by atoms with E-state index in [1.807, 2.05) is 57.2 Å². The molecule has 2 aromatic rings. The van der Waals surface area contributed by atoms with Crippen molar-refractivity contribution in [3.63, 3.8) is 0 Å². The van der Waals surface area contributed by atoms with Crippen molar-refractivity contribution in [1.82, 2.24) is 4.90 Å². The van der Waals surface area contributed by atoms with Crippen molar-refractivity contribution in [2.75, 3.05) is 20.3 Å². The standard InChI is InChI=1S/C30H39BN2O5/c1-7-8-9-27(34)33(28(21(2)3)29(35)36-6)18-22-10-12-23(13-11-22)26-16-25(15-14-24(26)17-32)31-37-19-30(4,5)20-38-31/h10-16,21,28H,7-9,18-20H2,1-6H3/t28-/m0/s1. The molecule has 202 valence electrons. The maximum atomic E-state index is 13.1. The maximum absolute atomic E-state index is 13.1. The van der Waals surface area contributed by atoms with Gasteiger partial charge < -0.3 is 18.9 Å². The second-order valence-electron chi connectivity index (χ2n) is 11.1. The van der Waals surface area contributed by atoms with Crippen LogP contribution in [0.3, 0.4) is 0 Å². The van der Waals surface area contributed by atoms with Crippen molar-refractivity contribution in [1.29, 1.82) is 5.26 Å². The van der Waals surface area contributed by atoms with E-state index in [-0.39, 0.29) is 17.2 Å². The van der Waals surface area contributed by atoms with Crippen LogP contribution < -0.4 is 5.46 Å². The zero-order valence-electron chi connectivity index (χ0n) is 23.5. The highest BCUT2D eigenvalue weighted by Crippen LogP contribution is 2.26. The summed E-state index contributed by atoms with van der Waals surface area (Å²) >= 11 is 0. The molecule has 1 atom stereocenters. The molecule has 7 nitrogen and oxygen atoms in total. The third kappa shape index (κ3) is 7.24. The van der Waals surface area contributed by atoms with E-state index in [1.54, 1.807) is 11.0 Å². The molecule has 0 saturated carbocycles. The topological polar surface area (TPSA) is 88.9 Å². The van der Waals surface area contributed by atoms with Gasteiger partial charge in [0.25, 0.3) is 0 Å². The third-order valence-electron chi connectivity index (χ3n) is 6.78. The Hall–Kier alpha value is -3.15. The Kier molecular flexibility index (Phi) is 10.1. The second kappa shape index (κ2) is 13.1. The van der Waals surface area contributed by atoms with Gasteiger partial charge in [-0.1, -0.05) is 77.4 Å². The van der Waals surface area contributed by atoms with Gasteiger partial charge in [-0.25, -0.2) is 4.79 Å². The fourth-order valence-corrected chi connectivity index (χ4v) is 4.61. The average Bonchev–Trinajstić information content (AvgIpc) is 2.91. The van der Waals surface area contributed by atoms with Gasteiger partial charge in [0.15, 0.2) is 0 Å². The molecule has 3 rings (SSSR count). The number of benzene rings is 2. The van der Waals surface area contributed by atoms with Crippen LogP contribution in [0.1, 0.15) is 65.0 Å². The molecule has 1 amide bonds. The summed E-state index contributed by atoms with van der Waals surface area (Å²) in [5.74, 6) is -0.564. The molecule has 1 aliphatic heterocycles. The minimum Gasteiger partial charge on any atom is -0.467 e. The smallest absolute Gasteiger partial charge is 0.467 e. The number of nitriles is 1. The minimum absolute atomic E-state index is 0.0317. The average molecular weight is 518 g/mol. The first-order valence-corrected chi connectivity index (χ1v) is 13.3. The summed E-state index contributed by atoms with van der Waals surface area (Å²) in [6.45, 7) is 11.6. The van der Waals surface area contributed by atoms with Crippen LogP contribution in [0, 0.1) is 22.7 Å². The SMILES string of the molecule is CCCCC(=O)N(Cc1ccc(-c2cc(B3OCC(C)(C)CO3)ccc2C#N)cc1)[C@H](C(=O)OC)C(C)C. The van der Waals surface area contributed by atoms with E-state index in [0.29, 0.717) is 31.7 Å². The Morgan fingerprint density at radius 2 is 1.79 bits per heavy atom. The van der Waals surface area contributed by atoms with Crippen LogP contribution in [-0.2, 0) is 30.2 Å². The number of methoxy groups -OCH3 is 1. The Bertz CT molecular complexity index is 1150. The van der Waals surface area contributed by atoms with Crippen LogP contribution in [-0.4, -0.2) is 50.3 Å². The molecule has 0 aromatic heterocycles. The number of esters is 1. The number of amides is 1. The van der Waals surface area contributed by atoms with Gasteiger partial charge >= 0.3 is 13.1 Å². The zero-order valence-corrected chi connectivity index (χ0v) is 23.5. The normalized spacial score (nSPS) is 15.6. The van der Waals surface area contributed by atoms with Gasteiger partial charge in [-0.05, 0) is 40.6 Å². The highest BCUT2D eigenvalue weighted by molar-refractivity contribution is 6.61. The van der Waals surface area contributed by atoms with Gasteiger partial charge in [0.2, 0.25) is 5.91 Å². The number of unbranched alkanes of at least 4 members (excludes halogenated alkanes) is 1. The molecule has 0 N–H and O–H groups in total. The van der Waals surface area contributed by atoms with Gasteiger partial charge in [0.1, 0.15) is 6.04 Å². The number of ether oxygens (including phenoxy) is 1. The van der Waals surface area contributed by atoms with Crippen LogP contribution in [0.25, 0.3) is 11.1 Å². The maximum Gasteiger partial charge on any atom is 0.493 e. The summed E-state index contributed by atoms with van der Waals surface area (Å²) in [6.07, 6.45) is 2.04. The van der Waals surface area contributed by atoms with Crippen LogP contribution >= 0.6 is 0 Å². The highest BCUT2D eigenvalue weighted by Gasteiger charge is 2.34. The number of carbonyl (C=O) groups excluding carboxylic acids is 2. The molecule has 0 bridgehead atoms. The molecule has 1 aliphatic rings. The number of nitrogens with zero attached hydrogens (tertiary/aromatic N) is 2. The van der Waals surface area contributed by atoms with Gasteiger partial charge in [-0.15, -0.1) is 0 Å². The fraction of sp³-hybridized carbons (Fsp3) is 0.500. The monoisotopic (exact) mass is 518 g/mol.